The van der Waals surface area contributed by atoms with Crippen LogP contribution < -0.4 is 10.2 Å². The molecule has 31 heavy (non-hydrogen) atoms. The van der Waals surface area contributed by atoms with Crippen LogP contribution in [0.3, 0.4) is 0 Å². The summed E-state index contributed by atoms with van der Waals surface area (Å²) in [6.07, 6.45) is 4.38. The first kappa shape index (κ1) is 21.1. The first-order valence-corrected chi connectivity index (χ1v) is 11.2. The van der Waals surface area contributed by atoms with Crippen molar-refractivity contribution in [3.63, 3.8) is 0 Å². The van der Waals surface area contributed by atoms with Crippen molar-refractivity contribution in [1.82, 2.24) is 10.1 Å². The molecule has 1 aliphatic rings. The van der Waals surface area contributed by atoms with Crippen molar-refractivity contribution in [2.45, 2.75) is 51.9 Å². The van der Waals surface area contributed by atoms with Crippen LogP contribution in [0.4, 0.5) is 11.4 Å². The zero-order valence-corrected chi connectivity index (χ0v) is 18.3. The summed E-state index contributed by atoms with van der Waals surface area (Å²) >= 11 is 0. The fraction of sp³-hybridized carbons (Fsp3) is 0.400. The largest absolute Gasteiger partial charge is 0.370 e. The van der Waals surface area contributed by atoms with Crippen LogP contribution in [-0.4, -0.2) is 29.1 Å². The van der Waals surface area contributed by atoms with Crippen LogP contribution in [0.25, 0.3) is 11.4 Å². The highest BCUT2D eigenvalue weighted by Crippen LogP contribution is 2.28. The lowest BCUT2D eigenvalue weighted by Gasteiger charge is -2.30. The third-order valence-corrected chi connectivity index (χ3v) is 5.74. The molecule has 1 saturated heterocycles. The van der Waals surface area contributed by atoms with E-state index in [2.05, 4.69) is 52.4 Å². The molecule has 4 rings (SSSR count). The van der Waals surface area contributed by atoms with Crippen LogP contribution in [0.5, 0.6) is 0 Å². The number of aromatic nitrogens is 2. The third kappa shape index (κ3) is 5.32. The second-order valence-corrected chi connectivity index (χ2v) is 8.40. The molecule has 1 aromatic heterocycles. The minimum atomic E-state index is -0.0505. The number of benzene rings is 2. The van der Waals surface area contributed by atoms with Crippen LogP contribution in [0, 0.1) is 0 Å². The molecule has 1 fully saturated rings. The molecule has 0 aliphatic carbocycles. The number of para-hydroxylation sites is 2. The maximum Gasteiger partial charge on any atom is 0.227 e. The maximum atomic E-state index is 12.6. The van der Waals surface area contributed by atoms with Gasteiger partial charge in [0.05, 0.1) is 11.4 Å². The molecular formula is C25H30N4O2. The molecule has 6 heteroatoms. The van der Waals surface area contributed by atoms with Crippen molar-refractivity contribution < 1.29 is 9.32 Å². The van der Waals surface area contributed by atoms with E-state index in [1.807, 2.05) is 30.3 Å². The second-order valence-electron chi connectivity index (χ2n) is 8.40. The van der Waals surface area contributed by atoms with Crippen molar-refractivity contribution in [3.8, 4) is 11.4 Å². The van der Waals surface area contributed by atoms with Gasteiger partial charge in [0, 0.05) is 31.5 Å². The van der Waals surface area contributed by atoms with Gasteiger partial charge < -0.3 is 14.7 Å². The summed E-state index contributed by atoms with van der Waals surface area (Å²) < 4.78 is 5.37. The van der Waals surface area contributed by atoms with Gasteiger partial charge in [0.2, 0.25) is 17.6 Å². The molecule has 0 atom stereocenters. The highest BCUT2D eigenvalue weighted by molar-refractivity contribution is 5.94. The maximum absolute atomic E-state index is 12.6. The molecule has 0 bridgehead atoms. The first-order chi connectivity index (χ1) is 15.1. The van der Waals surface area contributed by atoms with Crippen molar-refractivity contribution in [2.75, 3.05) is 23.3 Å². The molecule has 3 aromatic rings. The summed E-state index contributed by atoms with van der Waals surface area (Å²) in [7, 11) is 0. The van der Waals surface area contributed by atoms with Crippen molar-refractivity contribution in [3.05, 3.63) is 60.0 Å². The van der Waals surface area contributed by atoms with Crippen LogP contribution in [0.1, 0.15) is 56.9 Å². The highest BCUT2D eigenvalue weighted by Gasteiger charge is 2.16. The highest BCUT2D eigenvalue weighted by atomic mass is 16.5. The normalized spacial score (nSPS) is 14.1. The number of nitrogens with one attached hydrogen (secondary N) is 1. The molecule has 0 unspecified atom stereocenters. The number of hydrogen-bond donors (Lipinski definition) is 1. The average Bonchev–Trinajstić information content (AvgIpc) is 3.28. The summed E-state index contributed by atoms with van der Waals surface area (Å²) in [5.41, 5.74) is 4.15. The Morgan fingerprint density at radius 2 is 1.81 bits per heavy atom. The number of rotatable bonds is 7. The van der Waals surface area contributed by atoms with Gasteiger partial charge >= 0.3 is 0 Å². The van der Waals surface area contributed by atoms with E-state index in [9.17, 15) is 4.79 Å². The van der Waals surface area contributed by atoms with Crippen LogP contribution in [0.15, 0.2) is 53.1 Å². The molecular weight excluding hydrogens is 388 g/mol. The van der Waals surface area contributed by atoms with Gasteiger partial charge in [-0.25, -0.2) is 0 Å². The van der Waals surface area contributed by atoms with E-state index in [0.717, 1.165) is 30.0 Å². The monoisotopic (exact) mass is 418 g/mol. The summed E-state index contributed by atoms with van der Waals surface area (Å²) in [6.45, 7) is 6.40. The van der Waals surface area contributed by atoms with E-state index in [-0.39, 0.29) is 5.91 Å². The lowest BCUT2D eigenvalue weighted by atomic mass is 10.0. The number of anilines is 2. The first-order valence-electron chi connectivity index (χ1n) is 11.2. The molecule has 0 saturated carbocycles. The predicted octanol–water partition coefficient (Wildman–Crippen LogP) is 5.42. The van der Waals surface area contributed by atoms with Gasteiger partial charge in [-0.1, -0.05) is 55.4 Å². The lowest BCUT2D eigenvalue weighted by Crippen LogP contribution is -2.30. The Morgan fingerprint density at radius 3 is 2.55 bits per heavy atom. The molecule has 162 valence electrons. The smallest absolute Gasteiger partial charge is 0.227 e. The minimum Gasteiger partial charge on any atom is -0.370 e. The molecule has 2 aromatic carbocycles. The summed E-state index contributed by atoms with van der Waals surface area (Å²) in [6, 6.07) is 16.2. The Labute approximate surface area is 183 Å². The number of aryl methyl sites for hydroxylation is 1. The molecule has 2 heterocycles. The SMILES string of the molecule is CC(C)c1ccc(-c2noc(CCC(=O)Nc3ccccc3N3CCCCC3)n2)cc1. The van der Waals surface area contributed by atoms with Crippen LogP contribution >= 0.6 is 0 Å². The summed E-state index contributed by atoms with van der Waals surface area (Å²) in [4.78, 5) is 19.4. The number of nitrogens with zero attached hydrogens (tertiary/aromatic N) is 3. The van der Waals surface area contributed by atoms with E-state index in [0.29, 0.717) is 30.5 Å². The Hall–Kier alpha value is -3.15. The third-order valence-electron chi connectivity index (χ3n) is 5.74. The lowest BCUT2D eigenvalue weighted by molar-refractivity contribution is -0.116. The van der Waals surface area contributed by atoms with Gasteiger partial charge in [0.1, 0.15) is 0 Å². The van der Waals surface area contributed by atoms with Gasteiger partial charge in [-0.3, -0.25) is 4.79 Å². The number of amides is 1. The standard InChI is InChI=1S/C25H30N4O2/c1-18(2)19-10-12-20(13-11-19)25-27-24(31-28-25)15-14-23(30)26-21-8-4-5-9-22(21)29-16-6-3-7-17-29/h4-5,8-13,18H,3,6-7,14-17H2,1-2H3,(H,26,30). The molecule has 6 nitrogen and oxygen atoms in total. The Bertz CT molecular complexity index is 1000. The topological polar surface area (TPSA) is 71.3 Å². The van der Waals surface area contributed by atoms with E-state index >= 15 is 0 Å². The van der Waals surface area contributed by atoms with Crippen LogP contribution in [-0.2, 0) is 11.2 Å². The van der Waals surface area contributed by atoms with E-state index in [1.165, 1.54) is 24.8 Å². The van der Waals surface area contributed by atoms with E-state index in [4.69, 9.17) is 4.52 Å². The summed E-state index contributed by atoms with van der Waals surface area (Å²) in [5.74, 6) is 1.46. The Kier molecular flexibility index (Phi) is 6.65. The molecule has 1 aliphatic heterocycles. The van der Waals surface area contributed by atoms with E-state index in [1.54, 1.807) is 0 Å². The molecule has 1 N–H and O–H groups in total. The number of hydrogen-bond acceptors (Lipinski definition) is 5. The number of carbonyl (C=O) groups excluding carboxylic acids is 1. The van der Waals surface area contributed by atoms with Crippen molar-refractivity contribution in [1.29, 1.82) is 0 Å². The molecule has 0 spiro atoms. The Morgan fingerprint density at radius 1 is 1.06 bits per heavy atom. The zero-order chi connectivity index (χ0) is 21.6. The Balaban J connectivity index is 1.35. The molecule has 1 amide bonds. The van der Waals surface area contributed by atoms with E-state index < -0.39 is 0 Å². The zero-order valence-electron chi connectivity index (χ0n) is 18.3. The fourth-order valence-corrected chi connectivity index (χ4v) is 3.91. The fourth-order valence-electron chi connectivity index (χ4n) is 3.91. The minimum absolute atomic E-state index is 0.0505. The molecule has 0 radical (unpaired) electrons. The van der Waals surface area contributed by atoms with Gasteiger partial charge in [-0.2, -0.15) is 4.98 Å². The second kappa shape index (κ2) is 9.77. The average molecular weight is 419 g/mol. The van der Waals surface area contributed by atoms with Gasteiger partial charge in [0.25, 0.3) is 0 Å². The van der Waals surface area contributed by atoms with Crippen molar-refractivity contribution in [2.24, 2.45) is 0 Å². The predicted molar refractivity (Wildman–Crippen MR) is 123 cm³/mol. The summed E-state index contributed by atoms with van der Waals surface area (Å²) in [5, 5.41) is 7.14. The van der Waals surface area contributed by atoms with Gasteiger partial charge in [-0.15, -0.1) is 0 Å². The van der Waals surface area contributed by atoms with Crippen LogP contribution in [0.2, 0.25) is 0 Å². The number of piperidine rings is 1. The van der Waals surface area contributed by atoms with Crippen molar-refractivity contribution >= 4 is 17.3 Å². The van der Waals surface area contributed by atoms with Gasteiger partial charge in [-0.05, 0) is 42.9 Å². The quantitative estimate of drug-likeness (QED) is 0.555. The van der Waals surface area contributed by atoms with Gasteiger partial charge in [0.15, 0.2) is 0 Å². The number of carbonyl (C=O) groups is 1.